The van der Waals surface area contributed by atoms with Crippen LogP contribution in [0.25, 0.3) is 10.9 Å². The number of hydrogen-bond donors (Lipinski definition) is 0. The fourth-order valence-electron chi connectivity index (χ4n) is 2.21. The van der Waals surface area contributed by atoms with Crippen LogP contribution in [0.5, 0.6) is 0 Å². The Hall–Kier alpha value is -2.70. The van der Waals surface area contributed by atoms with Crippen molar-refractivity contribution >= 4 is 10.9 Å². The lowest BCUT2D eigenvalue weighted by Gasteiger charge is -2.10. The van der Waals surface area contributed by atoms with E-state index in [0.717, 1.165) is 16.3 Å². The quantitative estimate of drug-likeness (QED) is 0.731. The molecule has 0 fully saturated rings. The number of pyridine rings is 1. The Morgan fingerprint density at radius 1 is 1.05 bits per heavy atom. The number of nitrogens with zero attached hydrogens (tertiary/aromatic N) is 3. The van der Waals surface area contributed by atoms with Crippen LogP contribution >= 0.6 is 0 Å². The predicted octanol–water partition coefficient (Wildman–Crippen LogP) is 2.86. The zero-order chi connectivity index (χ0) is 15.7. The summed E-state index contributed by atoms with van der Waals surface area (Å²) in [7, 11) is 0. The van der Waals surface area contributed by atoms with Crippen LogP contribution in [0.4, 0.5) is 13.2 Å². The van der Waals surface area contributed by atoms with Crippen molar-refractivity contribution in [2.75, 3.05) is 0 Å². The molecule has 112 valence electrons. The molecule has 0 aliphatic rings. The minimum absolute atomic E-state index is 0.0170. The molecular weight excluding hydrogens is 295 g/mol. The first-order valence-electron chi connectivity index (χ1n) is 6.42. The van der Waals surface area contributed by atoms with Gasteiger partial charge in [-0.2, -0.15) is 13.2 Å². The van der Waals surface area contributed by atoms with Crippen LogP contribution < -0.4 is 5.56 Å². The summed E-state index contributed by atoms with van der Waals surface area (Å²) in [5.74, 6) is 0. The first kappa shape index (κ1) is 14.2. The van der Waals surface area contributed by atoms with Gasteiger partial charge in [-0.05, 0) is 11.6 Å². The van der Waals surface area contributed by atoms with Crippen molar-refractivity contribution < 1.29 is 13.2 Å². The maximum atomic E-state index is 13.0. The van der Waals surface area contributed by atoms with Crippen molar-refractivity contribution in [3.63, 3.8) is 0 Å². The highest BCUT2D eigenvalue weighted by Crippen LogP contribution is 2.30. The second-order valence-corrected chi connectivity index (χ2v) is 4.71. The Balaban J connectivity index is 2.19. The minimum Gasteiger partial charge on any atom is -0.294 e. The smallest absolute Gasteiger partial charge is 0.294 e. The average Bonchev–Trinajstić information content (AvgIpc) is 2.50. The molecule has 7 heteroatoms. The van der Waals surface area contributed by atoms with Crippen molar-refractivity contribution in [2.24, 2.45) is 0 Å². The van der Waals surface area contributed by atoms with Gasteiger partial charge < -0.3 is 0 Å². The normalized spacial score (nSPS) is 11.8. The number of fused-ring (bicyclic) bond motifs is 1. The predicted molar refractivity (Wildman–Crippen MR) is 74.3 cm³/mol. The molecule has 22 heavy (non-hydrogen) atoms. The monoisotopic (exact) mass is 305 g/mol. The zero-order valence-electron chi connectivity index (χ0n) is 11.2. The van der Waals surface area contributed by atoms with E-state index in [1.54, 1.807) is 24.3 Å². The van der Waals surface area contributed by atoms with Crippen LogP contribution in [-0.2, 0) is 12.7 Å². The molecule has 0 aliphatic heterocycles. The van der Waals surface area contributed by atoms with E-state index in [9.17, 15) is 18.0 Å². The summed E-state index contributed by atoms with van der Waals surface area (Å²) in [4.78, 5) is 19.6. The molecule has 0 saturated heterocycles. The van der Waals surface area contributed by atoms with Crippen LogP contribution in [0.15, 0.2) is 53.7 Å². The second-order valence-electron chi connectivity index (χ2n) is 4.71. The maximum Gasteiger partial charge on any atom is 0.434 e. The molecule has 0 aliphatic carbocycles. The lowest BCUT2D eigenvalue weighted by molar-refractivity contribution is -0.139. The molecule has 0 amide bonds. The highest BCUT2D eigenvalue weighted by molar-refractivity contribution is 5.79. The third-order valence-corrected chi connectivity index (χ3v) is 3.20. The average molecular weight is 305 g/mol. The van der Waals surface area contributed by atoms with Crippen LogP contribution in [0.3, 0.4) is 0 Å². The molecule has 3 aromatic rings. The van der Waals surface area contributed by atoms with Crippen molar-refractivity contribution in [1.29, 1.82) is 0 Å². The van der Waals surface area contributed by atoms with Crippen LogP contribution in [0.2, 0.25) is 0 Å². The second kappa shape index (κ2) is 5.25. The Morgan fingerprint density at radius 3 is 2.45 bits per heavy atom. The summed E-state index contributed by atoms with van der Waals surface area (Å²) >= 11 is 0. The standard InChI is InChI=1S/C15H10F3N3O/c16-15(17,18)13-12-11(6-7-19-13)20-9-21(14(12)22)8-10-4-2-1-3-5-10/h1-7,9H,8H2. The van der Waals surface area contributed by atoms with E-state index in [1.165, 1.54) is 12.4 Å². The molecule has 0 N–H and O–H groups in total. The van der Waals surface area contributed by atoms with Crippen LogP contribution in [0, 0.1) is 0 Å². The topological polar surface area (TPSA) is 47.8 Å². The SMILES string of the molecule is O=c1c2c(C(F)(F)F)nccc2ncn1Cc1ccccc1. The van der Waals surface area contributed by atoms with Gasteiger partial charge >= 0.3 is 6.18 Å². The molecule has 2 heterocycles. The number of hydrogen-bond acceptors (Lipinski definition) is 3. The van der Waals surface area contributed by atoms with Gasteiger partial charge in [-0.3, -0.25) is 14.3 Å². The molecule has 0 radical (unpaired) electrons. The third kappa shape index (κ3) is 2.57. The molecule has 0 saturated carbocycles. The molecular formula is C15H10F3N3O. The number of aromatic nitrogens is 3. The van der Waals surface area contributed by atoms with Crippen molar-refractivity contribution in [3.05, 3.63) is 70.5 Å². The van der Waals surface area contributed by atoms with E-state index in [-0.39, 0.29) is 12.1 Å². The fourth-order valence-corrected chi connectivity index (χ4v) is 2.21. The fraction of sp³-hybridized carbons (Fsp3) is 0.133. The summed E-state index contributed by atoms with van der Waals surface area (Å²) in [5, 5.41) is -0.506. The van der Waals surface area contributed by atoms with Gasteiger partial charge in [-0.1, -0.05) is 30.3 Å². The van der Waals surface area contributed by atoms with Gasteiger partial charge in [-0.15, -0.1) is 0 Å². The van der Waals surface area contributed by atoms with E-state index < -0.39 is 22.8 Å². The van der Waals surface area contributed by atoms with E-state index in [2.05, 4.69) is 9.97 Å². The molecule has 4 nitrogen and oxygen atoms in total. The first-order chi connectivity index (χ1) is 10.5. The van der Waals surface area contributed by atoms with E-state index in [1.807, 2.05) is 6.07 Å². The summed E-state index contributed by atoms with van der Waals surface area (Å²) in [6.45, 7) is 0.148. The van der Waals surface area contributed by atoms with E-state index >= 15 is 0 Å². The van der Waals surface area contributed by atoms with Gasteiger partial charge in [0.25, 0.3) is 5.56 Å². The number of rotatable bonds is 2. The van der Waals surface area contributed by atoms with Crippen LogP contribution in [-0.4, -0.2) is 14.5 Å². The van der Waals surface area contributed by atoms with E-state index in [0.29, 0.717) is 0 Å². The third-order valence-electron chi connectivity index (χ3n) is 3.20. The Labute approximate surface area is 122 Å². The summed E-state index contributed by atoms with van der Waals surface area (Å²) in [5.41, 5.74) is -1.18. The van der Waals surface area contributed by atoms with Gasteiger partial charge in [0.2, 0.25) is 0 Å². The molecule has 3 rings (SSSR count). The number of benzene rings is 1. The lowest BCUT2D eigenvalue weighted by Crippen LogP contribution is -2.24. The van der Waals surface area contributed by atoms with Gasteiger partial charge in [0.15, 0.2) is 5.69 Å². The zero-order valence-corrected chi connectivity index (χ0v) is 11.2. The molecule has 2 aromatic heterocycles. The first-order valence-corrected chi connectivity index (χ1v) is 6.42. The lowest BCUT2D eigenvalue weighted by atomic mass is 10.2. The van der Waals surface area contributed by atoms with Gasteiger partial charge in [0.1, 0.15) is 0 Å². The van der Waals surface area contributed by atoms with Crippen LogP contribution in [0.1, 0.15) is 11.3 Å². The maximum absolute atomic E-state index is 13.0. The Kier molecular flexibility index (Phi) is 3.40. The number of halogens is 3. The highest BCUT2D eigenvalue weighted by Gasteiger charge is 2.36. The molecule has 0 atom stereocenters. The summed E-state index contributed by atoms with van der Waals surface area (Å²) < 4.78 is 40.2. The minimum atomic E-state index is -4.70. The van der Waals surface area contributed by atoms with Gasteiger partial charge in [0, 0.05) is 6.20 Å². The molecule has 0 bridgehead atoms. The summed E-state index contributed by atoms with van der Waals surface area (Å²) in [6, 6.07) is 10.2. The summed E-state index contributed by atoms with van der Waals surface area (Å²) in [6.07, 6.45) is -2.46. The van der Waals surface area contributed by atoms with Gasteiger partial charge in [0.05, 0.1) is 23.8 Å². The molecule has 0 unspecified atom stereocenters. The van der Waals surface area contributed by atoms with Gasteiger partial charge in [-0.25, -0.2) is 4.98 Å². The highest BCUT2D eigenvalue weighted by atomic mass is 19.4. The van der Waals surface area contributed by atoms with E-state index in [4.69, 9.17) is 0 Å². The number of alkyl halides is 3. The van der Waals surface area contributed by atoms with Crippen molar-refractivity contribution in [3.8, 4) is 0 Å². The van der Waals surface area contributed by atoms with Crippen molar-refractivity contribution in [1.82, 2.24) is 14.5 Å². The Bertz CT molecular complexity index is 873. The Morgan fingerprint density at radius 2 is 1.77 bits per heavy atom. The molecule has 0 spiro atoms. The van der Waals surface area contributed by atoms with Crippen molar-refractivity contribution in [2.45, 2.75) is 12.7 Å². The largest absolute Gasteiger partial charge is 0.434 e. The molecule has 1 aromatic carbocycles.